The van der Waals surface area contributed by atoms with Crippen LogP contribution in [-0.2, 0) is 6.54 Å². The van der Waals surface area contributed by atoms with Crippen molar-refractivity contribution < 1.29 is 14.1 Å². The van der Waals surface area contributed by atoms with Gasteiger partial charge >= 0.3 is 6.03 Å². The Kier molecular flexibility index (Phi) is 6.70. The number of nitrogens with one attached hydrogen (secondary N) is 2. The molecule has 3 aromatic carbocycles. The zero-order valence-electron chi connectivity index (χ0n) is 19.6. The van der Waals surface area contributed by atoms with Gasteiger partial charge in [0, 0.05) is 29.7 Å². The summed E-state index contributed by atoms with van der Waals surface area (Å²) in [5.74, 6) is 1.65. The van der Waals surface area contributed by atoms with Crippen LogP contribution >= 0.6 is 0 Å². The van der Waals surface area contributed by atoms with E-state index in [9.17, 15) is 4.79 Å². The van der Waals surface area contributed by atoms with Crippen LogP contribution < -0.4 is 15.4 Å². The van der Waals surface area contributed by atoms with Gasteiger partial charge in [-0.3, -0.25) is 0 Å². The monoisotopic (exact) mass is 480 g/mol. The van der Waals surface area contributed by atoms with E-state index in [1.165, 1.54) is 0 Å². The summed E-state index contributed by atoms with van der Waals surface area (Å²) >= 11 is 0. The van der Waals surface area contributed by atoms with E-state index >= 15 is 0 Å². The van der Waals surface area contributed by atoms with Gasteiger partial charge in [-0.1, -0.05) is 47.6 Å². The zero-order chi connectivity index (χ0) is 24.7. The number of amides is 2. The van der Waals surface area contributed by atoms with E-state index in [1.807, 2.05) is 84.4 Å². The molecule has 0 aliphatic rings. The highest BCUT2D eigenvalue weighted by atomic mass is 16.5. The predicted octanol–water partition coefficient (Wildman–Crippen LogP) is 5.69. The number of ether oxygens (including phenoxy) is 1. The number of urea groups is 1. The number of hydrogen-bond donors (Lipinski definition) is 2. The first-order valence-electron chi connectivity index (χ1n) is 11.5. The minimum absolute atomic E-state index is 0.319. The van der Waals surface area contributed by atoms with E-state index in [4.69, 9.17) is 9.26 Å². The second-order valence-corrected chi connectivity index (χ2v) is 7.95. The largest absolute Gasteiger partial charge is 0.494 e. The Morgan fingerprint density at radius 3 is 2.33 bits per heavy atom. The smallest absolute Gasteiger partial charge is 0.323 e. The Balaban J connectivity index is 1.16. The number of nitrogens with zero attached hydrogens (tertiary/aromatic N) is 4. The van der Waals surface area contributed by atoms with Gasteiger partial charge in [0.05, 0.1) is 12.9 Å². The average Bonchev–Trinajstić information content (AvgIpc) is 3.57. The number of carbonyl (C=O) groups is 1. The number of aromatic nitrogens is 4. The standard InChI is InChI=1S/C27H24N6O3/c1-2-35-23-14-12-22(13-15-23)30-27(34)29-21-10-8-19(9-11-21)16-33-17-24(28-18-33)26-31-25(32-36-26)20-6-4-3-5-7-20/h3-15,17-18H,2,16H2,1H3,(H2,29,30,34). The first-order valence-corrected chi connectivity index (χ1v) is 11.5. The van der Waals surface area contributed by atoms with Crippen LogP contribution in [0.4, 0.5) is 16.2 Å². The third-order valence-electron chi connectivity index (χ3n) is 5.31. The molecule has 0 saturated heterocycles. The topological polar surface area (TPSA) is 107 Å². The normalized spacial score (nSPS) is 10.7. The van der Waals surface area contributed by atoms with Crippen molar-refractivity contribution in [3.63, 3.8) is 0 Å². The maximum atomic E-state index is 12.3. The van der Waals surface area contributed by atoms with E-state index in [-0.39, 0.29) is 6.03 Å². The predicted molar refractivity (Wildman–Crippen MR) is 137 cm³/mol. The summed E-state index contributed by atoms with van der Waals surface area (Å²) < 4.78 is 12.7. The summed E-state index contributed by atoms with van der Waals surface area (Å²) in [5.41, 5.74) is 3.91. The SMILES string of the molecule is CCOc1ccc(NC(=O)Nc2ccc(Cn3cnc(-c4nc(-c5ccccc5)no4)c3)cc2)cc1. The molecule has 0 unspecified atom stereocenters. The number of carbonyl (C=O) groups excluding carboxylic acids is 1. The van der Waals surface area contributed by atoms with E-state index in [2.05, 4.69) is 25.8 Å². The van der Waals surface area contributed by atoms with Gasteiger partial charge in [-0.25, -0.2) is 9.78 Å². The molecule has 180 valence electrons. The van der Waals surface area contributed by atoms with E-state index < -0.39 is 0 Å². The van der Waals surface area contributed by atoms with Crippen LogP contribution in [0.2, 0.25) is 0 Å². The molecular formula is C27H24N6O3. The number of rotatable bonds is 8. The molecule has 36 heavy (non-hydrogen) atoms. The van der Waals surface area contributed by atoms with Crippen LogP contribution in [0.1, 0.15) is 12.5 Å². The van der Waals surface area contributed by atoms with Gasteiger partial charge in [-0.2, -0.15) is 4.98 Å². The molecule has 2 aromatic heterocycles. The van der Waals surface area contributed by atoms with Gasteiger partial charge in [-0.05, 0) is 48.9 Å². The molecule has 9 heteroatoms. The second kappa shape index (κ2) is 10.6. The van der Waals surface area contributed by atoms with Crippen LogP contribution in [0.5, 0.6) is 5.75 Å². The van der Waals surface area contributed by atoms with Crippen LogP contribution in [0, 0.1) is 0 Å². The number of imidazole rings is 1. The van der Waals surface area contributed by atoms with Crippen LogP contribution in [-0.4, -0.2) is 32.3 Å². The number of benzene rings is 3. The molecule has 2 N–H and O–H groups in total. The van der Waals surface area contributed by atoms with Crippen molar-refractivity contribution in [3.05, 3.63) is 97.0 Å². The fourth-order valence-corrected chi connectivity index (χ4v) is 3.59. The minimum atomic E-state index is -0.319. The first kappa shape index (κ1) is 22.9. The summed E-state index contributed by atoms with van der Waals surface area (Å²) in [7, 11) is 0. The van der Waals surface area contributed by atoms with Gasteiger partial charge in [0.15, 0.2) is 0 Å². The fraction of sp³-hybridized carbons (Fsp3) is 0.111. The molecule has 0 bridgehead atoms. The molecule has 2 amide bonds. The lowest BCUT2D eigenvalue weighted by Gasteiger charge is -2.09. The third kappa shape index (κ3) is 5.58. The minimum Gasteiger partial charge on any atom is -0.494 e. The molecule has 9 nitrogen and oxygen atoms in total. The van der Waals surface area contributed by atoms with Gasteiger partial charge < -0.3 is 24.5 Å². The number of hydrogen-bond acceptors (Lipinski definition) is 6. The van der Waals surface area contributed by atoms with Crippen LogP contribution in [0.15, 0.2) is 95.9 Å². The van der Waals surface area contributed by atoms with E-state index in [0.29, 0.717) is 41.9 Å². The summed E-state index contributed by atoms with van der Waals surface area (Å²) in [6.45, 7) is 3.13. The maximum absolute atomic E-state index is 12.3. The quantitative estimate of drug-likeness (QED) is 0.295. The van der Waals surface area contributed by atoms with Gasteiger partial charge in [0.25, 0.3) is 5.89 Å². The van der Waals surface area contributed by atoms with Crippen LogP contribution in [0.25, 0.3) is 23.0 Å². The first-order chi connectivity index (χ1) is 17.7. The second-order valence-electron chi connectivity index (χ2n) is 7.95. The molecule has 5 rings (SSSR count). The van der Waals surface area contributed by atoms with Gasteiger partial charge in [0.2, 0.25) is 5.82 Å². The molecule has 0 fully saturated rings. The third-order valence-corrected chi connectivity index (χ3v) is 5.31. The van der Waals surface area contributed by atoms with Crippen molar-refractivity contribution in [1.29, 1.82) is 0 Å². The van der Waals surface area contributed by atoms with Gasteiger partial charge in [0.1, 0.15) is 11.4 Å². The maximum Gasteiger partial charge on any atom is 0.323 e. The molecule has 0 aliphatic heterocycles. The zero-order valence-corrected chi connectivity index (χ0v) is 19.6. The Bertz CT molecular complexity index is 1430. The molecule has 0 aliphatic carbocycles. The van der Waals surface area contributed by atoms with Crippen LogP contribution in [0.3, 0.4) is 0 Å². The summed E-state index contributed by atoms with van der Waals surface area (Å²) in [6, 6.07) is 24.2. The lowest BCUT2D eigenvalue weighted by molar-refractivity contribution is 0.262. The lowest BCUT2D eigenvalue weighted by Crippen LogP contribution is -2.19. The number of anilines is 2. The molecule has 5 aromatic rings. The van der Waals surface area contributed by atoms with Crippen molar-refractivity contribution in [2.24, 2.45) is 0 Å². The molecule has 0 atom stereocenters. The Labute approximate surface area is 207 Å². The molecular weight excluding hydrogens is 456 g/mol. The fourth-order valence-electron chi connectivity index (χ4n) is 3.59. The summed E-state index contributed by atoms with van der Waals surface area (Å²) in [5, 5.41) is 9.69. The molecule has 2 heterocycles. The highest BCUT2D eigenvalue weighted by molar-refractivity contribution is 5.99. The summed E-state index contributed by atoms with van der Waals surface area (Å²) in [6.07, 6.45) is 3.58. The van der Waals surface area contributed by atoms with Crippen molar-refractivity contribution in [1.82, 2.24) is 19.7 Å². The highest BCUT2D eigenvalue weighted by Crippen LogP contribution is 2.21. The van der Waals surface area contributed by atoms with Gasteiger partial charge in [-0.15, -0.1) is 0 Å². The van der Waals surface area contributed by atoms with Crippen molar-refractivity contribution in [2.45, 2.75) is 13.5 Å². The Morgan fingerprint density at radius 1 is 0.944 bits per heavy atom. The molecule has 0 saturated carbocycles. The van der Waals surface area contributed by atoms with Crippen molar-refractivity contribution in [2.75, 3.05) is 17.2 Å². The molecule has 0 spiro atoms. The van der Waals surface area contributed by atoms with Crippen molar-refractivity contribution in [3.8, 4) is 28.7 Å². The lowest BCUT2D eigenvalue weighted by atomic mass is 10.2. The molecule has 0 radical (unpaired) electrons. The van der Waals surface area contributed by atoms with E-state index in [1.54, 1.807) is 18.5 Å². The van der Waals surface area contributed by atoms with Crippen molar-refractivity contribution >= 4 is 17.4 Å². The summed E-state index contributed by atoms with van der Waals surface area (Å²) in [4.78, 5) is 21.2. The Morgan fingerprint density at radius 2 is 1.64 bits per heavy atom. The highest BCUT2D eigenvalue weighted by Gasteiger charge is 2.13. The van der Waals surface area contributed by atoms with E-state index in [0.717, 1.165) is 16.9 Å². The average molecular weight is 481 g/mol. The Hall–Kier alpha value is -4.92.